The number of benzene rings is 2. The lowest BCUT2D eigenvalue weighted by Gasteiger charge is -2.22. The van der Waals surface area contributed by atoms with Gasteiger partial charge in [-0.3, -0.25) is 4.79 Å². The first-order chi connectivity index (χ1) is 16.9. The van der Waals surface area contributed by atoms with Crippen LogP contribution in [0.3, 0.4) is 0 Å². The lowest BCUT2D eigenvalue weighted by molar-refractivity contribution is 0.0746. The number of amidine groups is 1. The standard InChI is InChI=1S/C28H34N4O3/c1-4-5-18-35-28(34)31-26(29)23-11-13-24(14-12-23)30-16-6-9-22-10-15-25(20(2)19-22)27(33)32-17-7-8-21(32)3/h10-15,19,21,30H,4-5,7-8,16-18H2,1-3H3,(H2,29,31,34). The Morgan fingerprint density at radius 1 is 1.23 bits per heavy atom. The molecule has 7 heteroatoms. The van der Waals surface area contributed by atoms with Gasteiger partial charge in [0.05, 0.1) is 13.2 Å². The van der Waals surface area contributed by atoms with Gasteiger partial charge in [-0.2, -0.15) is 4.99 Å². The van der Waals surface area contributed by atoms with Crippen molar-refractivity contribution in [3.05, 3.63) is 64.7 Å². The summed E-state index contributed by atoms with van der Waals surface area (Å²) in [5, 5.41) is 3.24. The van der Waals surface area contributed by atoms with Crippen LogP contribution in [0.25, 0.3) is 0 Å². The minimum Gasteiger partial charge on any atom is -0.448 e. The number of carbonyl (C=O) groups is 2. The highest BCUT2D eigenvalue weighted by atomic mass is 16.5. The first-order valence-electron chi connectivity index (χ1n) is 12.1. The number of nitrogens with one attached hydrogen (secondary N) is 1. The number of hydrogen-bond acceptors (Lipinski definition) is 4. The number of unbranched alkanes of at least 4 members (excludes halogenated alkanes) is 1. The van der Waals surface area contributed by atoms with Crippen LogP contribution >= 0.6 is 0 Å². The summed E-state index contributed by atoms with van der Waals surface area (Å²) in [4.78, 5) is 30.2. The molecule has 1 unspecified atom stereocenters. The van der Waals surface area contributed by atoms with Crippen LogP contribution in [-0.4, -0.2) is 48.5 Å². The Kier molecular flexibility index (Phi) is 9.31. The van der Waals surface area contributed by atoms with Crippen LogP contribution in [0.1, 0.15) is 66.6 Å². The highest BCUT2D eigenvalue weighted by Crippen LogP contribution is 2.21. The van der Waals surface area contributed by atoms with E-state index in [0.717, 1.165) is 54.6 Å². The van der Waals surface area contributed by atoms with Gasteiger partial charge in [-0.15, -0.1) is 0 Å². The molecular formula is C28H34N4O3. The number of anilines is 1. The van der Waals surface area contributed by atoms with Gasteiger partial charge in [-0.05, 0) is 81.1 Å². The molecule has 0 bridgehead atoms. The largest absolute Gasteiger partial charge is 0.448 e. The number of hydrogen-bond donors (Lipinski definition) is 2. The number of likely N-dealkylation sites (tertiary alicyclic amines) is 1. The Balaban J connectivity index is 1.52. The molecule has 1 fully saturated rings. The maximum Gasteiger partial charge on any atom is 0.435 e. The van der Waals surface area contributed by atoms with Crippen molar-refractivity contribution in [3.8, 4) is 11.8 Å². The Morgan fingerprint density at radius 3 is 2.66 bits per heavy atom. The predicted molar refractivity (Wildman–Crippen MR) is 140 cm³/mol. The maximum atomic E-state index is 12.8. The molecule has 1 atom stereocenters. The van der Waals surface area contributed by atoms with E-state index < -0.39 is 6.09 Å². The first-order valence-corrected chi connectivity index (χ1v) is 12.1. The third-order valence-corrected chi connectivity index (χ3v) is 6.00. The van der Waals surface area contributed by atoms with E-state index >= 15 is 0 Å². The topological polar surface area (TPSA) is 97.0 Å². The average Bonchev–Trinajstić information content (AvgIpc) is 3.28. The van der Waals surface area contributed by atoms with Gasteiger partial charge < -0.3 is 20.7 Å². The minimum absolute atomic E-state index is 0.108. The van der Waals surface area contributed by atoms with Crippen LogP contribution in [0.15, 0.2) is 47.5 Å². The Bertz CT molecular complexity index is 1130. The van der Waals surface area contributed by atoms with Gasteiger partial charge in [0, 0.05) is 35.0 Å². The van der Waals surface area contributed by atoms with Crippen LogP contribution in [0.2, 0.25) is 0 Å². The molecule has 35 heavy (non-hydrogen) atoms. The summed E-state index contributed by atoms with van der Waals surface area (Å²) in [6.45, 7) is 7.71. The van der Waals surface area contributed by atoms with E-state index in [1.807, 2.05) is 49.1 Å². The van der Waals surface area contributed by atoms with Crippen LogP contribution in [0, 0.1) is 18.8 Å². The fraction of sp³-hybridized carbons (Fsp3) is 0.393. The molecule has 1 aliphatic heterocycles. The number of carbonyl (C=O) groups excluding carboxylic acids is 2. The molecule has 2 aromatic rings. The van der Waals surface area contributed by atoms with Crippen molar-refractivity contribution in [2.45, 2.75) is 52.5 Å². The molecule has 0 aliphatic carbocycles. The second-order valence-corrected chi connectivity index (χ2v) is 8.72. The van der Waals surface area contributed by atoms with Crippen molar-refractivity contribution < 1.29 is 14.3 Å². The van der Waals surface area contributed by atoms with E-state index in [2.05, 4.69) is 29.1 Å². The van der Waals surface area contributed by atoms with E-state index in [0.29, 0.717) is 24.8 Å². The smallest absolute Gasteiger partial charge is 0.435 e. The van der Waals surface area contributed by atoms with Gasteiger partial charge in [-0.25, -0.2) is 4.79 Å². The summed E-state index contributed by atoms with van der Waals surface area (Å²) >= 11 is 0. The Morgan fingerprint density at radius 2 is 2.00 bits per heavy atom. The monoisotopic (exact) mass is 474 g/mol. The molecule has 0 radical (unpaired) electrons. The number of aliphatic imine (C=N–C) groups is 1. The van der Waals surface area contributed by atoms with Crippen molar-refractivity contribution in [3.63, 3.8) is 0 Å². The van der Waals surface area contributed by atoms with Gasteiger partial charge >= 0.3 is 6.09 Å². The van der Waals surface area contributed by atoms with Crippen LogP contribution < -0.4 is 11.1 Å². The Labute approximate surface area is 207 Å². The van der Waals surface area contributed by atoms with Crippen molar-refractivity contribution >= 4 is 23.5 Å². The summed E-state index contributed by atoms with van der Waals surface area (Å²) in [6, 6.07) is 13.3. The molecule has 3 rings (SSSR count). The summed E-state index contributed by atoms with van der Waals surface area (Å²) in [6.07, 6.45) is 3.20. The zero-order chi connectivity index (χ0) is 25.2. The minimum atomic E-state index is -0.674. The number of nitrogens with zero attached hydrogens (tertiary/aromatic N) is 2. The molecule has 2 aromatic carbocycles. The van der Waals surface area contributed by atoms with Crippen molar-refractivity contribution in [2.24, 2.45) is 10.7 Å². The van der Waals surface area contributed by atoms with Gasteiger partial charge in [0.2, 0.25) is 0 Å². The molecule has 1 saturated heterocycles. The third kappa shape index (κ3) is 7.35. The number of amides is 2. The van der Waals surface area contributed by atoms with E-state index in [-0.39, 0.29) is 11.7 Å². The normalized spacial score (nSPS) is 15.3. The lowest BCUT2D eigenvalue weighted by atomic mass is 10.0. The van der Waals surface area contributed by atoms with Gasteiger partial charge in [0.1, 0.15) is 5.84 Å². The first kappa shape index (κ1) is 25.8. The highest BCUT2D eigenvalue weighted by molar-refractivity contribution is 6.02. The second-order valence-electron chi connectivity index (χ2n) is 8.72. The summed E-state index contributed by atoms with van der Waals surface area (Å²) in [5.74, 6) is 6.48. The quantitative estimate of drug-likeness (QED) is 0.262. The lowest BCUT2D eigenvalue weighted by Crippen LogP contribution is -2.34. The Hall–Kier alpha value is -3.79. The molecular weight excluding hydrogens is 440 g/mol. The average molecular weight is 475 g/mol. The van der Waals surface area contributed by atoms with E-state index in [1.165, 1.54) is 0 Å². The van der Waals surface area contributed by atoms with Crippen LogP contribution in [0.4, 0.5) is 10.5 Å². The van der Waals surface area contributed by atoms with Crippen molar-refractivity contribution in [1.82, 2.24) is 4.90 Å². The molecule has 184 valence electrons. The van der Waals surface area contributed by atoms with Gasteiger partial charge in [0.25, 0.3) is 5.91 Å². The van der Waals surface area contributed by atoms with E-state index in [1.54, 1.807) is 12.1 Å². The van der Waals surface area contributed by atoms with Crippen LogP contribution in [-0.2, 0) is 4.74 Å². The second kappa shape index (κ2) is 12.6. The summed E-state index contributed by atoms with van der Waals surface area (Å²) in [5.41, 5.74) is 9.98. The van der Waals surface area contributed by atoms with E-state index in [9.17, 15) is 9.59 Å². The highest BCUT2D eigenvalue weighted by Gasteiger charge is 2.26. The third-order valence-electron chi connectivity index (χ3n) is 6.00. The van der Waals surface area contributed by atoms with Crippen molar-refractivity contribution in [1.29, 1.82) is 0 Å². The zero-order valence-corrected chi connectivity index (χ0v) is 20.8. The number of rotatable bonds is 7. The number of aryl methyl sites for hydroxylation is 1. The molecule has 7 nitrogen and oxygen atoms in total. The predicted octanol–water partition coefficient (Wildman–Crippen LogP) is 4.73. The summed E-state index contributed by atoms with van der Waals surface area (Å²) < 4.78 is 5.00. The SMILES string of the molecule is CCCCOC(=O)N=C(N)c1ccc(NCC#Cc2ccc(C(=O)N3CCCC3C)c(C)c2)cc1. The molecule has 0 aromatic heterocycles. The fourth-order valence-electron chi connectivity index (χ4n) is 3.92. The molecule has 0 spiro atoms. The van der Waals surface area contributed by atoms with Crippen molar-refractivity contribution in [2.75, 3.05) is 25.0 Å². The number of ether oxygens (including phenoxy) is 1. The van der Waals surface area contributed by atoms with Crippen LogP contribution in [0.5, 0.6) is 0 Å². The zero-order valence-electron chi connectivity index (χ0n) is 20.8. The van der Waals surface area contributed by atoms with Gasteiger partial charge in [-0.1, -0.05) is 25.2 Å². The summed E-state index contributed by atoms with van der Waals surface area (Å²) in [7, 11) is 0. The van der Waals surface area contributed by atoms with E-state index in [4.69, 9.17) is 10.5 Å². The molecule has 1 aliphatic rings. The molecule has 2 amide bonds. The van der Waals surface area contributed by atoms with Gasteiger partial charge in [0.15, 0.2) is 0 Å². The molecule has 1 heterocycles. The maximum absolute atomic E-state index is 12.8. The fourth-order valence-corrected chi connectivity index (χ4v) is 3.92. The number of nitrogens with two attached hydrogens (primary N) is 1. The molecule has 3 N–H and O–H groups in total. The molecule has 0 saturated carbocycles.